The van der Waals surface area contributed by atoms with E-state index in [-0.39, 0.29) is 5.54 Å². The van der Waals surface area contributed by atoms with Crippen LogP contribution in [0.3, 0.4) is 0 Å². The molecule has 0 aromatic carbocycles. The van der Waals surface area contributed by atoms with Crippen LogP contribution in [0.4, 0.5) is 0 Å². The van der Waals surface area contributed by atoms with Crippen molar-refractivity contribution in [3.05, 3.63) is 12.7 Å². The van der Waals surface area contributed by atoms with Gasteiger partial charge < -0.3 is 10.1 Å². The SMILES string of the molecule is C=CC(C)NC(C)(C)COC. The standard InChI is InChI=1S/C9H19NO/c1-6-8(2)10-9(3,4)7-11-5/h6,8,10H,1,7H2,2-5H3. The Morgan fingerprint density at radius 3 is 2.55 bits per heavy atom. The predicted molar refractivity (Wildman–Crippen MR) is 48.7 cm³/mol. The van der Waals surface area contributed by atoms with Crippen LogP contribution < -0.4 is 5.32 Å². The number of ether oxygens (including phenoxy) is 1. The summed E-state index contributed by atoms with van der Waals surface area (Å²) in [6, 6.07) is 0.333. The van der Waals surface area contributed by atoms with E-state index in [4.69, 9.17) is 4.74 Å². The van der Waals surface area contributed by atoms with E-state index in [1.165, 1.54) is 0 Å². The number of hydrogen-bond acceptors (Lipinski definition) is 2. The van der Waals surface area contributed by atoms with E-state index in [2.05, 4.69) is 32.7 Å². The molecular formula is C9H19NO. The lowest BCUT2D eigenvalue weighted by molar-refractivity contribution is 0.125. The summed E-state index contributed by atoms with van der Waals surface area (Å²) in [7, 11) is 1.71. The van der Waals surface area contributed by atoms with E-state index >= 15 is 0 Å². The molecule has 11 heavy (non-hydrogen) atoms. The molecule has 0 amide bonds. The van der Waals surface area contributed by atoms with Gasteiger partial charge in [-0.15, -0.1) is 6.58 Å². The van der Waals surface area contributed by atoms with Gasteiger partial charge in [0.25, 0.3) is 0 Å². The third-order valence-corrected chi connectivity index (χ3v) is 1.48. The number of nitrogens with one attached hydrogen (secondary N) is 1. The lowest BCUT2D eigenvalue weighted by Gasteiger charge is -2.28. The van der Waals surface area contributed by atoms with Crippen LogP contribution in [-0.4, -0.2) is 25.3 Å². The quantitative estimate of drug-likeness (QED) is 0.612. The minimum Gasteiger partial charge on any atom is -0.383 e. The van der Waals surface area contributed by atoms with E-state index in [0.29, 0.717) is 12.6 Å². The third kappa shape index (κ3) is 4.99. The van der Waals surface area contributed by atoms with E-state index in [1.54, 1.807) is 7.11 Å². The van der Waals surface area contributed by atoms with Gasteiger partial charge in [-0.2, -0.15) is 0 Å². The molecule has 0 aliphatic heterocycles. The molecule has 1 atom stereocenters. The second kappa shape index (κ2) is 4.52. The Kier molecular flexibility index (Phi) is 4.38. The smallest absolute Gasteiger partial charge is 0.0639 e. The molecule has 0 spiro atoms. The Labute approximate surface area is 69.6 Å². The molecule has 0 aliphatic carbocycles. The average molecular weight is 157 g/mol. The first-order valence-electron chi connectivity index (χ1n) is 3.91. The fourth-order valence-corrected chi connectivity index (χ4v) is 1.08. The van der Waals surface area contributed by atoms with Gasteiger partial charge in [0, 0.05) is 18.7 Å². The summed E-state index contributed by atoms with van der Waals surface area (Å²) in [5.41, 5.74) is 0.0301. The average Bonchev–Trinajstić information content (AvgIpc) is 1.86. The van der Waals surface area contributed by atoms with Gasteiger partial charge in [-0.3, -0.25) is 0 Å². The molecule has 0 saturated carbocycles. The van der Waals surface area contributed by atoms with Crippen molar-refractivity contribution in [1.29, 1.82) is 0 Å². The largest absolute Gasteiger partial charge is 0.383 e. The zero-order valence-corrected chi connectivity index (χ0v) is 7.98. The topological polar surface area (TPSA) is 21.3 Å². The number of methoxy groups -OCH3 is 1. The molecule has 2 heteroatoms. The molecule has 0 fully saturated rings. The van der Waals surface area contributed by atoms with E-state index < -0.39 is 0 Å². The highest BCUT2D eigenvalue weighted by molar-refractivity contribution is 4.88. The van der Waals surface area contributed by atoms with E-state index in [9.17, 15) is 0 Å². The number of hydrogen-bond donors (Lipinski definition) is 1. The van der Waals surface area contributed by atoms with Crippen molar-refractivity contribution >= 4 is 0 Å². The van der Waals surface area contributed by atoms with Gasteiger partial charge in [-0.25, -0.2) is 0 Å². The normalized spacial score (nSPS) is 14.5. The van der Waals surface area contributed by atoms with Crippen LogP contribution in [-0.2, 0) is 4.74 Å². The van der Waals surface area contributed by atoms with Crippen LogP contribution in [0.5, 0.6) is 0 Å². The van der Waals surface area contributed by atoms with Gasteiger partial charge in [-0.1, -0.05) is 6.08 Å². The van der Waals surface area contributed by atoms with Crippen LogP contribution >= 0.6 is 0 Å². The van der Waals surface area contributed by atoms with Crippen LogP contribution in [0.2, 0.25) is 0 Å². The van der Waals surface area contributed by atoms with E-state index in [1.807, 2.05) is 6.08 Å². The highest BCUT2D eigenvalue weighted by Crippen LogP contribution is 2.03. The monoisotopic (exact) mass is 157 g/mol. The molecule has 66 valence electrons. The predicted octanol–water partition coefficient (Wildman–Crippen LogP) is 1.58. The Hall–Kier alpha value is -0.340. The molecule has 0 aromatic heterocycles. The van der Waals surface area contributed by atoms with E-state index in [0.717, 1.165) is 0 Å². The molecule has 0 heterocycles. The fraction of sp³-hybridized carbons (Fsp3) is 0.778. The second-order valence-electron chi connectivity index (χ2n) is 3.49. The van der Waals surface area contributed by atoms with Gasteiger partial charge in [0.1, 0.15) is 0 Å². The Bertz CT molecular complexity index is 121. The summed E-state index contributed by atoms with van der Waals surface area (Å²) >= 11 is 0. The maximum absolute atomic E-state index is 5.06. The van der Waals surface area contributed by atoms with Crippen LogP contribution in [0.1, 0.15) is 20.8 Å². The van der Waals surface area contributed by atoms with Crippen molar-refractivity contribution in [3.8, 4) is 0 Å². The molecule has 0 aliphatic rings. The first-order valence-corrected chi connectivity index (χ1v) is 3.91. The summed E-state index contributed by atoms with van der Waals surface area (Å²) in [6.45, 7) is 10.7. The zero-order valence-electron chi connectivity index (χ0n) is 7.98. The van der Waals surface area contributed by atoms with Crippen molar-refractivity contribution in [1.82, 2.24) is 5.32 Å². The molecule has 0 saturated heterocycles. The van der Waals surface area contributed by atoms with Crippen LogP contribution in [0, 0.1) is 0 Å². The molecular weight excluding hydrogens is 138 g/mol. The Balaban J connectivity index is 3.79. The minimum absolute atomic E-state index is 0.0301. The zero-order chi connectivity index (χ0) is 8.91. The highest BCUT2D eigenvalue weighted by atomic mass is 16.5. The lowest BCUT2D eigenvalue weighted by Crippen LogP contribution is -2.47. The van der Waals surface area contributed by atoms with Gasteiger partial charge in [0.2, 0.25) is 0 Å². The van der Waals surface area contributed by atoms with Gasteiger partial charge in [-0.05, 0) is 20.8 Å². The first kappa shape index (κ1) is 10.7. The Morgan fingerprint density at radius 1 is 1.64 bits per heavy atom. The molecule has 1 unspecified atom stereocenters. The maximum Gasteiger partial charge on any atom is 0.0639 e. The molecule has 0 aromatic rings. The van der Waals surface area contributed by atoms with Crippen molar-refractivity contribution in [3.63, 3.8) is 0 Å². The van der Waals surface area contributed by atoms with Crippen molar-refractivity contribution in [2.75, 3.05) is 13.7 Å². The molecule has 1 N–H and O–H groups in total. The summed E-state index contributed by atoms with van der Waals surface area (Å²) in [6.07, 6.45) is 1.89. The molecule has 0 bridgehead atoms. The first-order chi connectivity index (χ1) is 5.02. The molecule has 0 radical (unpaired) electrons. The second-order valence-corrected chi connectivity index (χ2v) is 3.49. The fourth-order valence-electron chi connectivity index (χ4n) is 1.08. The molecule has 0 rings (SSSR count). The van der Waals surface area contributed by atoms with Gasteiger partial charge in [0.15, 0.2) is 0 Å². The Morgan fingerprint density at radius 2 is 2.18 bits per heavy atom. The summed E-state index contributed by atoms with van der Waals surface area (Å²) in [4.78, 5) is 0. The van der Waals surface area contributed by atoms with Gasteiger partial charge >= 0.3 is 0 Å². The summed E-state index contributed by atoms with van der Waals surface area (Å²) in [5, 5.41) is 3.36. The van der Waals surface area contributed by atoms with Crippen LogP contribution in [0.15, 0.2) is 12.7 Å². The van der Waals surface area contributed by atoms with Crippen molar-refractivity contribution in [2.24, 2.45) is 0 Å². The molecule has 2 nitrogen and oxygen atoms in total. The number of rotatable bonds is 5. The van der Waals surface area contributed by atoms with Gasteiger partial charge in [0.05, 0.1) is 6.61 Å². The summed E-state index contributed by atoms with van der Waals surface area (Å²) < 4.78 is 5.06. The lowest BCUT2D eigenvalue weighted by atomic mass is 10.1. The third-order valence-electron chi connectivity index (χ3n) is 1.48. The van der Waals surface area contributed by atoms with Crippen LogP contribution in [0.25, 0.3) is 0 Å². The minimum atomic E-state index is 0.0301. The summed E-state index contributed by atoms with van der Waals surface area (Å²) in [5.74, 6) is 0. The maximum atomic E-state index is 5.06. The van der Waals surface area contributed by atoms with Crippen molar-refractivity contribution < 1.29 is 4.74 Å². The van der Waals surface area contributed by atoms with Crippen molar-refractivity contribution in [2.45, 2.75) is 32.4 Å². The highest BCUT2D eigenvalue weighted by Gasteiger charge is 2.17.